The SMILES string of the molecule is CC(C)[C@H](NC(=O)OC(C)(C)C)C(=O)N1C(c2ccccc2)SC[C@H]1C(=O)N[C@@H](Cc1ccccc1)C(=O)c1nccs1. The van der Waals surface area contributed by atoms with Crippen molar-refractivity contribution in [2.75, 3.05) is 5.75 Å². The van der Waals surface area contributed by atoms with E-state index < -0.39 is 47.0 Å². The van der Waals surface area contributed by atoms with Crippen LogP contribution < -0.4 is 10.6 Å². The van der Waals surface area contributed by atoms with Gasteiger partial charge in [-0.3, -0.25) is 14.4 Å². The summed E-state index contributed by atoms with van der Waals surface area (Å²) in [5, 5.41) is 7.25. The summed E-state index contributed by atoms with van der Waals surface area (Å²) in [4.78, 5) is 60.2. The van der Waals surface area contributed by atoms with Crippen LogP contribution in [0.2, 0.25) is 0 Å². The molecule has 1 aromatic heterocycles. The molecule has 1 saturated heterocycles. The number of Topliss-reactive ketones (excluding diaryl/α,β-unsaturated/α-hetero) is 1. The lowest BCUT2D eigenvalue weighted by atomic mass is 10.00. The van der Waals surface area contributed by atoms with E-state index in [2.05, 4.69) is 15.6 Å². The zero-order valence-electron chi connectivity index (χ0n) is 25.0. The number of ether oxygens (including phenoxy) is 1. The molecule has 43 heavy (non-hydrogen) atoms. The van der Waals surface area contributed by atoms with Crippen molar-refractivity contribution in [3.05, 3.63) is 88.4 Å². The molecule has 3 aromatic rings. The number of hydrogen-bond acceptors (Lipinski definition) is 8. The molecule has 2 heterocycles. The lowest BCUT2D eigenvalue weighted by Gasteiger charge is -2.34. The average molecular weight is 623 g/mol. The summed E-state index contributed by atoms with van der Waals surface area (Å²) in [7, 11) is 0. The molecule has 1 fully saturated rings. The number of nitrogens with zero attached hydrogens (tertiary/aromatic N) is 2. The number of thiazole rings is 1. The van der Waals surface area contributed by atoms with Crippen LogP contribution in [0.1, 0.15) is 60.9 Å². The number of carbonyl (C=O) groups is 4. The minimum absolute atomic E-state index is 0.274. The van der Waals surface area contributed by atoms with Gasteiger partial charge in [0, 0.05) is 23.8 Å². The molecule has 0 spiro atoms. The van der Waals surface area contributed by atoms with Crippen molar-refractivity contribution < 1.29 is 23.9 Å². The number of alkyl carbamates (subject to hydrolysis) is 1. The second kappa shape index (κ2) is 14.2. The van der Waals surface area contributed by atoms with E-state index in [0.29, 0.717) is 10.8 Å². The first-order valence-corrected chi connectivity index (χ1v) is 16.1. The van der Waals surface area contributed by atoms with Crippen LogP contribution in [0.3, 0.4) is 0 Å². The normalized spacial score (nSPS) is 18.1. The summed E-state index contributed by atoms with van der Waals surface area (Å²) in [6.45, 7) is 8.92. The van der Waals surface area contributed by atoms with Gasteiger partial charge in [-0.1, -0.05) is 74.5 Å². The minimum atomic E-state index is -0.938. The summed E-state index contributed by atoms with van der Waals surface area (Å²) in [6.07, 6.45) is 1.12. The molecule has 4 atom stereocenters. The zero-order chi connectivity index (χ0) is 31.1. The first-order valence-electron chi connectivity index (χ1n) is 14.2. The van der Waals surface area contributed by atoms with E-state index in [0.717, 1.165) is 11.1 Å². The molecule has 1 aliphatic rings. The Morgan fingerprint density at radius 1 is 1.00 bits per heavy atom. The molecule has 4 rings (SSSR count). The molecular weight excluding hydrogens is 585 g/mol. The van der Waals surface area contributed by atoms with E-state index in [1.54, 1.807) is 37.2 Å². The molecule has 1 aliphatic heterocycles. The fourth-order valence-electron chi connectivity index (χ4n) is 4.78. The molecular formula is C32H38N4O5S2. The van der Waals surface area contributed by atoms with E-state index in [-0.39, 0.29) is 18.1 Å². The summed E-state index contributed by atoms with van der Waals surface area (Å²) in [5.41, 5.74) is 0.996. The predicted molar refractivity (Wildman–Crippen MR) is 169 cm³/mol. The van der Waals surface area contributed by atoms with Crippen LogP contribution in [0.25, 0.3) is 0 Å². The Bertz CT molecular complexity index is 1390. The highest BCUT2D eigenvalue weighted by atomic mass is 32.2. The fourth-order valence-corrected chi connectivity index (χ4v) is 6.85. The molecule has 1 unspecified atom stereocenters. The number of benzene rings is 2. The number of rotatable bonds is 10. The third kappa shape index (κ3) is 8.45. The van der Waals surface area contributed by atoms with Crippen LogP contribution in [0, 0.1) is 5.92 Å². The van der Waals surface area contributed by atoms with Crippen LogP contribution in [-0.2, 0) is 20.7 Å². The smallest absolute Gasteiger partial charge is 0.408 e. The lowest BCUT2D eigenvalue weighted by Crippen LogP contribution is -2.58. The summed E-state index contributed by atoms with van der Waals surface area (Å²) in [6, 6.07) is 16.2. The molecule has 0 aliphatic carbocycles. The monoisotopic (exact) mass is 622 g/mol. The highest BCUT2D eigenvalue weighted by Crippen LogP contribution is 2.42. The van der Waals surface area contributed by atoms with E-state index in [1.165, 1.54) is 23.1 Å². The molecule has 0 bridgehead atoms. The number of carbonyl (C=O) groups excluding carboxylic acids is 4. The van der Waals surface area contributed by atoms with E-state index in [4.69, 9.17) is 4.74 Å². The van der Waals surface area contributed by atoms with Crippen molar-refractivity contribution in [3.63, 3.8) is 0 Å². The van der Waals surface area contributed by atoms with E-state index in [1.807, 2.05) is 74.5 Å². The number of thioether (sulfide) groups is 1. The largest absolute Gasteiger partial charge is 0.444 e. The number of amides is 3. The zero-order valence-corrected chi connectivity index (χ0v) is 26.6. The van der Waals surface area contributed by atoms with Crippen LogP contribution in [0.15, 0.2) is 72.2 Å². The highest BCUT2D eigenvalue weighted by molar-refractivity contribution is 7.99. The molecule has 2 N–H and O–H groups in total. The van der Waals surface area contributed by atoms with Gasteiger partial charge in [0.15, 0.2) is 5.01 Å². The van der Waals surface area contributed by atoms with E-state index in [9.17, 15) is 19.2 Å². The second-order valence-corrected chi connectivity index (χ2v) is 13.7. The summed E-state index contributed by atoms with van der Waals surface area (Å²) < 4.78 is 5.44. The predicted octanol–water partition coefficient (Wildman–Crippen LogP) is 5.25. The van der Waals surface area contributed by atoms with Gasteiger partial charge in [0.05, 0.1) is 6.04 Å². The Morgan fingerprint density at radius 2 is 1.65 bits per heavy atom. The quantitative estimate of drug-likeness (QED) is 0.297. The van der Waals surface area contributed by atoms with Gasteiger partial charge in [-0.2, -0.15) is 0 Å². The Morgan fingerprint density at radius 3 is 2.23 bits per heavy atom. The average Bonchev–Trinajstić information content (AvgIpc) is 3.66. The standard InChI is InChI=1S/C32H38N4O5S2/c1-20(2)25(35-31(40)41-32(3,4)5)29(39)36-24(19-43-30(36)22-14-10-7-11-15-22)27(38)34-23(18-21-12-8-6-9-13-21)26(37)28-33-16-17-42-28/h6-17,20,23-25,30H,18-19H2,1-5H3,(H,34,38)(H,35,40)/t23-,24-,25-,30?/m0/s1. The first-order chi connectivity index (χ1) is 20.4. The second-order valence-electron chi connectivity index (χ2n) is 11.7. The van der Waals surface area contributed by atoms with Gasteiger partial charge in [-0.25, -0.2) is 9.78 Å². The topological polar surface area (TPSA) is 118 Å². The van der Waals surface area contributed by atoms with Gasteiger partial charge < -0.3 is 20.3 Å². The molecule has 0 saturated carbocycles. The van der Waals surface area contributed by atoms with Crippen LogP contribution >= 0.6 is 23.1 Å². The summed E-state index contributed by atoms with van der Waals surface area (Å²) in [5.74, 6) is -1.10. The summed E-state index contributed by atoms with van der Waals surface area (Å²) >= 11 is 2.68. The molecule has 3 amide bonds. The maximum atomic E-state index is 14.3. The number of nitrogens with one attached hydrogen (secondary N) is 2. The van der Waals surface area contributed by atoms with Crippen molar-refractivity contribution in [1.82, 2.24) is 20.5 Å². The van der Waals surface area contributed by atoms with Crippen molar-refractivity contribution in [2.24, 2.45) is 5.92 Å². The first kappa shape index (κ1) is 32.2. The molecule has 2 aromatic carbocycles. The minimum Gasteiger partial charge on any atom is -0.444 e. The Labute approximate surface area is 260 Å². The lowest BCUT2D eigenvalue weighted by molar-refractivity contribution is -0.142. The van der Waals surface area contributed by atoms with E-state index >= 15 is 0 Å². The van der Waals surface area contributed by atoms with Crippen LogP contribution in [0.4, 0.5) is 4.79 Å². The molecule has 0 radical (unpaired) electrons. The molecule has 228 valence electrons. The number of hydrogen-bond donors (Lipinski definition) is 2. The van der Waals surface area contributed by atoms with Crippen molar-refractivity contribution >= 4 is 46.8 Å². The van der Waals surface area contributed by atoms with Gasteiger partial charge in [0.25, 0.3) is 0 Å². The Kier molecular flexibility index (Phi) is 10.6. The van der Waals surface area contributed by atoms with Crippen LogP contribution in [0.5, 0.6) is 0 Å². The van der Waals surface area contributed by atoms with Crippen molar-refractivity contribution in [1.29, 1.82) is 0 Å². The number of aromatic nitrogens is 1. The third-order valence-electron chi connectivity index (χ3n) is 6.81. The third-order valence-corrected chi connectivity index (χ3v) is 8.92. The highest BCUT2D eigenvalue weighted by Gasteiger charge is 2.46. The number of ketones is 1. The maximum absolute atomic E-state index is 14.3. The fraction of sp³-hybridized carbons (Fsp3) is 0.406. The van der Waals surface area contributed by atoms with Crippen molar-refractivity contribution in [3.8, 4) is 0 Å². The maximum Gasteiger partial charge on any atom is 0.408 e. The Hall–Kier alpha value is -3.70. The van der Waals surface area contributed by atoms with Gasteiger partial charge in [-0.05, 0) is 37.8 Å². The Balaban J connectivity index is 1.63. The van der Waals surface area contributed by atoms with Gasteiger partial charge in [0.1, 0.15) is 23.1 Å². The van der Waals surface area contributed by atoms with Crippen LogP contribution in [-0.4, -0.2) is 63.1 Å². The van der Waals surface area contributed by atoms with Crippen molar-refractivity contribution in [2.45, 2.75) is 70.1 Å². The van der Waals surface area contributed by atoms with Gasteiger partial charge in [0.2, 0.25) is 17.6 Å². The van der Waals surface area contributed by atoms with Gasteiger partial charge >= 0.3 is 6.09 Å². The molecule has 11 heteroatoms. The van der Waals surface area contributed by atoms with Gasteiger partial charge in [-0.15, -0.1) is 23.1 Å². The molecule has 9 nitrogen and oxygen atoms in total.